The molecule has 0 saturated heterocycles. The molecule has 192 valence electrons. The van der Waals surface area contributed by atoms with Gasteiger partial charge >= 0.3 is 0 Å². The Hall–Kier alpha value is -2.31. The van der Waals surface area contributed by atoms with E-state index in [2.05, 4.69) is 31.4 Å². The first kappa shape index (κ1) is 28.9. The molecular formula is C29H43N3O2S. The smallest absolute Gasteiger partial charge is 0.207 e. The van der Waals surface area contributed by atoms with Crippen molar-refractivity contribution in [3.05, 3.63) is 64.9 Å². The highest BCUT2D eigenvalue weighted by atomic mass is 32.1. The van der Waals surface area contributed by atoms with E-state index in [-0.39, 0.29) is 24.3 Å². The molecule has 0 unspecified atom stereocenters. The minimum atomic E-state index is -0.0205. The number of benzene rings is 1. The second kappa shape index (κ2) is 15.6. The predicted molar refractivity (Wildman–Crippen MR) is 149 cm³/mol. The maximum atomic E-state index is 12.6. The van der Waals surface area contributed by atoms with Gasteiger partial charge in [0, 0.05) is 28.3 Å². The van der Waals surface area contributed by atoms with Crippen molar-refractivity contribution in [3.63, 3.8) is 0 Å². The molecule has 4 N–H and O–H groups in total. The van der Waals surface area contributed by atoms with Gasteiger partial charge in [0.15, 0.2) is 5.78 Å². The minimum Gasteiger partial charge on any atom is -0.476 e. The predicted octanol–water partition coefficient (Wildman–Crippen LogP) is 6.76. The Morgan fingerprint density at radius 1 is 1.23 bits per heavy atom. The molecule has 1 aliphatic heterocycles. The molecule has 2 rings (SSSR count). The van der Waals surface area contributed by atoms with Crippen molar-refractivity contribution in [1.82, 2.24) is 5.32 Å². The summed E-state index contributed by atoms with van der Waals surface area (Å²) in [5.74, 6) is 0.0528. The van der Waals surface area contributed by atoms with Crippen molar-refractivity contribution in [3.8, 4) is 0 Å². The molecule has 0 amide bonds. The average molecular weight is 498 g/mol. The Kier molecular flexibility index (Phi) is 12.9. The number of carbonyl (C=O) groups excluding carboxylic acids is 1. The summed E-state index contributed by atoms with van der Waals surface area (Å²) < 4.78 is 5.79. The van der Waals surface area contributed by atoms with Gasteiger partial charge in [0.05, 0.1) is 6.54 Å². The van der Waals surface area contributed by atoms with E-state index >= 15 is 0 Å². The monoisotopic (exact) mass is 497 g/mol. The van der Waals surface area contributed by atoms with E-state index in [1.165, 1.54) is 24.8 Å². The van der Waals surface area contributed by atoms with E-state index in [1.54, 1.807) is 12.1 Å². The average Bonchev–Trinajstić information content (AvgIpc) is 2.80. The third-order valence-electron chi connectivity index (χ3n) is 6.35. The van der Waals surface area contributed by atoms with Gasteiger partial charge in [-0.3, -0.25) is 10.2 Å². The van der Waals surface area contributed by atoms with Crippen LogP contribution in [0.4, 0.5) is 0 Å². The Bertz CT molecular complexity index is 936. The fourth-order valence-electron chi connectivity index (χ4n) is 4.57. The van der Waals surface area contributed by atoms with E-state index in [0.717, 1.165) is 61.0 Å². The second-order valence-electron chi connectivity index (χ2n) is 9.50. The summed E-state index contributed by atoms with van der Waals surface area (Å²) in [6.45, 7) is 8.86. The first-order chi connectivity index (χ1) is 16.8. The number of ketones is 1. The molecule has 5 nitrogen and oxygen atoms in total. The first-order valence-corrected chi connectivity index (χ1v) is 13.4. The van der Waals surface area contributed by atoms with Crippen LogP contribution in [0.2, 0.25) is 0 Å². The van der Waals surface area contributed by atoms with Crippen molar-refractivity contribution in [2.45, 2.75) is 89.0 Å². The highest BCUT2D eigenvalue weighted by molar-refractivity contribution is 7.80. The van der Waals surface area contributed by atoms with Crippen molar-refractivity contribution in [1.29, 1.82) is 5.41 Å². The Morgan fingerprint density at radius 2 is 1.94 bits per heavy atom. The molecule has 6 heteroatoms. The van der Waals surface area contributed by atoms with Gasteiger partial charge in [0.25, 0.3) is 0 Å². The van der Waals surface area contributed by atoms with Gasteiger partial charge in [-0.1, -0.05) is 69.7 Å². The number of nitrogens with one attached hydrogen (secondary N) is 2. The summed E-state index contributed by atoms with van der Waals surface area (Å²) in [7, 11) is 0. The summed E-state index contributed by atoms with van der Waals surface area (Å²) >= 11 is 4.33. The van der Waals surface area contributed by atoms with Crippen LogP contribution in [0.1, 0.15) is 88.4 Å². The number of nitrogens with two attached hydrogens (primary N) is 1. The van der Waals surface area contributed by atoms with Crippen molar-refractivity contribution in [2.75, 3.05) is 13.2 Å². The van der Waals surface area contributed by atoms with Gasteiger partial charge in [0.2, 0.25) is 5.90 Å². The Labute approximate surface area is 217 Å². The molecule has 1 atom stereocenters. The van der Waals surface area contributed by atoms with Crippen LogP contribution in [-0.2, 0) is 4.74 Å². The van der Waals surface area contributed by atoms with E-state index in [4.69, 9.17) is 15.9 Å². The molecule has 0 bridgehead atoms. The van der Waals surface area contributed by atoms with E-state index in [0.29, 0.717) is 17.9 Å². The summed E-state index contributed by atoms with van der Waals surface area (Å²) in [6, 6.07) is 7.26. The maximum Gasteiger partial charge on any atom is 0.207 e. The standard InChI is InChI=1S/C29H43N3O2S/c1-4-12-22-13-9-7-5-6-8-10-15-24(20-34-28(31)18-26(30)29(22)21(2)3)32-19-27(33)23-14-11-16-25(35)17-23/h11,14,16-18,24,31-32,35H,2,4-10,12-13,15,19-20,30H2,1,3H3/b26-18?,29-22-,31-28?/t24-/m1/s1. The van der Waals surface area contributed by atoms with Crippen molar-refractivity contribution >= 4 is 24.3 Å². The van der Waals surface area contributed by atoms with E-state index in [1.807, 2.05) is 25.1 Å². The molecular weight excluding hydrogens is 454 g/mol. The largest absolute Gasteiger partial charge is 0.476 e. The Morgan fingerprint density at radius 3 is 2.63 bits per heavy atom. The highest BCUT2D eigenvalue weighted by Crippen LogP contribution is 2.27. The van der Waals surface area contributed by atoms with Gasteiger partial charge in [-0.15, -0.1) is 12.6 Å². The summed E-state index contributed by atoms with van der Waals surface area (Å²) in [4.78, 5) is 13.4. The van der Waals surface area contributed by atoms with E-state index in [9.17, 15) is 4.79 Å². The van der Waals surface area contributed by atoms with Crippen LogP contribution in [0.3, 0.4) is 0 Å². The van der Waals surface area contributed by atoms with Crippen LogP contribution in [0.25, 0.3) is 0 Å². The number of Topliss-reactive ketones (excluding diaryl/α,β-unsaturated/α-hetero) is 1. The van der Waals surface area contributed by atoms with Crippen LogP contribution in [0.5, 0.6) is 0 Å². The van der Waals surface area contributed by atoms with Crippen LogP contribution < -0.4 is 11.1 Å². The third-order valence-corrected chi connectivity index (χ3v) is 6.63. The summed E-state index contributed by atoms with van der Waals surface area (Å²) in [5.41, 5.74) is 10.9. The lowest BCUT2D eigenvalue weighted by Gasteiger charge is -2.20. The third kappa shape index (κ3) is 10.5. The summed E-state index contributed by atoms with van der Waals surface area (Å²) in [6.07, 6.45) is 12.6. The molecule has 0 fully saturated rings. The molecule has 1 heterocycles. The topological polar surface area (TPSA) is 88.2 Å². The Balaban J connectivity index is 2.13. The van der Waals surface area contributed by atoms with Crippen LogP contribution in [-0.4, -0.2) is 30.9 Å². The fraction of sp³-hybridized carbons (Fsp3) is 0.517. The lowest BCUT2D eigenvalue weighted by Crippen LogP contribution is -2.37. The molecule has 0 spiro atoms. The molecule has 0 aromatic heterocycles. The van der Waals surface area contributed by atoms with Crippen molar-refractivity contribution < 1.29 is 9.53 Å². The zero-order valence-corrected chi connectivity index (χ0v) is 22.4. The SMILES string of the molecule is C=C(C)/C1=C(\CCC)CCCCCCCC[C@@H](NCC(=O)c2cccc(S)c2)COC(=N)C=C1N. The van der Waals surface area contributed by atoms with Gasteiger partial charge in [-0.2, -0.15) is 0 Å². The number of rotatable bonds is 7. The first-order valence-electron chi connectivity index (χ1n) is 12.9. The van der Waals surface area contributed by atoms with Crippen LogP contribution in [0.15, 0.2) is 64.2 Å². The molecule has 1 aliphatic rings. The number of allylic oxidation sites excluding steroid dienone is 2. The van der Waals surface area contributed by atoms with Gasteiger partial charge in [0.1, 0.15) is 6.61 Å². The van der Waals surface area contributed by atoms with E-state index < -0.39 is 0 Å². The molecule has 0 saturated carbocycles. The van der Waals surface area contributed by atoms with Crippen LogP contribution >= 0.6 is 12.6 Å². The number of carbonyl (C=O) groups is 1. The number of thiol groups is 1. The number of ether oxygens (including phenoxy) is 1. The minimum absolute atomic E-state index is 0.0203. The zero-order valence-electron chi connectivity index (χ0n) is 21.5. The summed E-state index contributed by atoms with van der Waals surface area (Å²) in [5, 5.41) is 11.7. The van der Waals surface area contributed by atoms with Gasteiger partial charge in [-0.25, -0.2) is 0 Å². The normalized spacial score (nSPS) is 21.2. The molecule has 1 aromatic rings. The van der Waals surface area contributed by atoms with Gasteiger partial charge < -0.3 is 15.8 Å². The maximum absolute atomic E-state index is 12.6. The molecule has 1 aromatic carbocycles. The quantitative estimate of drug-likeness (QED) is 0.247. The highest BCUT2D eigenvalue weighted by Gasteiger charge is 2.15. The van der Waals surface area contributed by atoms with Crippen LogP contribution in [0, 0.1) is 5.41 Å². The molecule has 0 aliphatic carbocycles. The fourth-order valence-corrected chi connectivity index (χ4v) is 4.80. The number of hydrogen-bond acceptors (Lipinski definition) is 6. The second-order valence-corrected chi connectivity index (χ2v) is 10.0. The van der Waals surface area contributed by atoms with Gasteiger partial charge in [-0.05, 0) is 55.9 Å². The lowest BCUT2D eigenvalue weighted by molar-refractivity contribution is 0.0982. The molecule has 0 radical (unpaired) electrons. The van der Waals surface area contributed by atoms with Crippen molar-refractivity contribution in [2.24, 2.45) is 5.73 Å². The lowest BCUT2D eigenvalue weighted by atomic mass is 9.91. The zero-order chi connectivity index (χ0) is 25.6. The number of hydrogen-bond donors (Lipinski definition) is 4. The molecule has 35 heavy (non-hydrogen) atoms.